The second-order valence-electron chi connectivity index (χ2n) is 5.36. The van der Waals surface area contributed by atoms with E-state index in [1.54, 1.807) is 7.05 Å². The molecule has 0 aliphatic rings. The molecule has 0 atom stereocenters. The molecule has 0 bridgehead atoms. The van der Waals surface area contributed by atoms with Crippen molar-refractivity contribution in [3.63, 3.8) is 0 Å². The summed E-state index contributed by atoms with van der Waals surface area (Å²) in [6, 6.07) is 3.80. The lowest BCUT2D eigenvalue weighted by Crippen LogP contribution is -2.27. The van der Waals surface area contributed by atoms with Crippen LogP contribution in [0.1, 0.15) is 0 Å². The number of methoxy groups -OCH3 is 1. The third-order valence-corrected chi connectivity index (χ3v) is 4.21. The van der Waals surface area contributed by atoms with Crippen LogP contribution in [0.2, 0.25) is 0 Å². The molecule has 140 valence electrons. The summed E-state index contributed by atoms with van der Waals surface area (Å²) < 4.78 is 12.7. The van der Waals surface area contributed by atoms with Crippen LogP contribution in [0.25, 0.3) is 11.0 Å². The number of halogens is 1. The zero-order chi connectivity index (χ0) is 19.7. The van der Waals surface area contributed by atoms with Gasteiger partial charge in [0, 0.05) is 7.05 Å². The van der Waals surface area contributed by atoms with Crippen LogP contribution in [0.5, 0.6) is 11.5 Å². The van der Waals surface area contributed by atoms with Gasteiger partial charge in [0.25, 0.3) is 5.56 Å². The predicted octanol–water partition coefficient (Wildman–Crippen LogP) is 1.41. The number of hydrogen-bond acceptors (Lipinski definition) is 8. The van der Waals surface area contributed by atoms with Gasteiger partial charge < -0.3 is 9.47 Å². The van der Waals surface area contributed by atoms with E-state index < -0.39 is 28.7 Å². The number of ether oxygens (including phenoxy) is 2. The van der Waals surface area contributed by atoms with E-state index in [4.69, 9.17) is 9.47 Å². The molecule has 27 heavy (non-hydrogen) atoms. The van der Waals surface area contributed by atoms with Crippen molar-refractivity contribution < 1.29 is 19.2 Å². The molecule has 0 fully saturated rings. The van der Waals surface area contributed by atoms with Crippen LogP contribution in [0.4, 0.5) is 5.69 Å². The summed E-state index contributed by atoms with van der Waals surface area (Å²) in [5, 5.41) is 15.4. The second-order valence-corrected chi connectivity index (χ2v) is 6.11. The summed E-state index contributed by atoms with van der Waals surface area (Å²) in [6.07, 6.45) is 1.18. The summed E-state index contributed by atoms with van der Waals surface area (Å²) in [7, 11) is 2.98. The van der Waals surface area contributed by atoms with Crippen LogP contribution in [0.3, 0.4) is 0 Å². The molecule has 2 aromatic heterocycles. The Labute approximate surface area is 159 Å². The van der Waals surface area contributed by atoms with E-state index in [0.717, 1.165) is 10.6 Å². The molecule has 0 saturated carbocycles. The van der Waals surface area contributed by atoms with Gasteiger partial charge in [-0.3, -0.25) is 19.5 Å². The fourth-order valence-electron chi connectivity index (χ4n) is 2.40. The molecule has 0 radical (unpaired) electrons. The van der Waals surface area contributed by atoms with E-state index in [1.165, 1.54) is 30.3 Å². The van der Waals surface area contributed by atoms with Crippen LogP contribution < -0.4 is 15.0 Å². The van der Waals surface area contributed by atoms with Crippen molar-refractivity contribution in [2.75, 3.05) is 7.11 Å². The van der Waals surface area contributed by atoms with Gasteiger partial charge in [-0.05, 0) is 28.1 Å². The lowest BCUT2D eigenvalue weighted by atomic mass is 10.3. The number of fused-ring (bicyclic) bond motifs is 1. The number of nitro benzene ring substituents is 1. The molecule has 3 rings (SSSR count). The quantitative estimate of drug-likeness (QED) is 0.253. The first kappa shape index (κ1) is 18.5. The van der Waals surface area contributed by atoms with Crippen molar-refractivity contribution in [3.8, 4) is 11.5 Å². The second kappa shape index (κ2) is 7.15. The van der Waals surface area contributed by atoms with Crippen molar-refractivity contribution in [1.82, 2.24) is 19.3 Å². The minimum Gasteiger partial charge on any atom is -0.496 e. The molecule has 11 nitrogen and oxygen atoms in total. The maximum atomic E-state index is 12.5. The van der Waals surface area contributed by atoms with Gasteiger partial charge in [-0.25, -0.2) is 14.5 Å². The van der Waals surface area contributed by atoms with Crippen LogP contribution in [0.15, 0.2) is 33.9 Å². The number of nitro groups is 1. The van der Waals surface area contributed by atoms with E-state index in [-0.39, 0.29) is 16.9 Å². The lowest BCUT2D eigenvalue weighted by Gasteiger charge is -2.08. The van der Waals surface area contributed by atoms with E-state index in [0.29, 0.717) is 10.3 Å². The highest BCUT2D eigenvalue weighted by molar-refractivity contribution is 9.10. The molecule has 1 aromatic carbocycles. The first-order chi connectivity index (χ1) is 12.8. The standard InChI is InChI=1S/C15H12BrN5O6/c1-19-14-12(13(16)18-19)15(23)20(7-17-14)6-11(22)27-10-4-3-8(26-2)5-9(10)21(24)25/h3-5,7H,6H2,1-2H3. The highest BCUT2D eigenvalue weighted by atomic mass is 79.9. The number of aromatic nitrogens is 4. The largest absolute Gasteiger partial charge is 0.496 e. The summed E-state index contributed by atoms with van der Waals surface area (Å²) in [5.41, 5.74) is -0.581. The van der Waals surface area contributed by atoms with Crippen molar-refractivity contribution in [3.05, 3.63) is 49.6 Å². The molecule has 2 heterocycles. The van der Waals surface area contributed by atoms with Gasteiger partial charge in [0.05, 0.1) is 18.1 Å². The molecule has 0 aliphatic heterocycles. The predicted molar refractivity (Wildman–Crippen MR) is 95.8 cm³/mol. The van der Waals surface area contributed by atoms with Gasteiger partial charge in [-0.1, -0.05) is 0 Å². The highest BCUT2D eigenvalue weighted by Crippen LogP contribution is 2.31. The SMILES string of the molecule is COc1ccc(OC(=O)Cn2cnc3c(c(Br)nn3C)c2=O)c([N+](=O)[O-])c1. The fourth-order valence-corrected chi connectivity index (χ4v) is 2.98. The Morgan fingerprint density at radius 3 is 2.81 bits per heavy atom. The maximum absolute atomic E-state index is 12.5. The number of esters is 1. The van der Waals surface area contributed by atoms with Gasteiger partial charge in [-0.2, -0.15) is 5.10 Å². The van der Waals surface area contributed by atoms with Gasteiger partial charge in [0.1, 0.15) is 28.6 Å². The minimum absolute atomic E-state index is 0.211. The monoisotopic (exact) mass is 437 g/mol. The van der Waals surface area contributed by atoms with Crippen molar-refractivity contribution >= 4 is 38.6 Å². The Morgan fingerprint density at radius 1 is 1.41 bits per heavy atom. The molecule has 0 aliphatic carbocycles. The smallest absolute Gasteiger partial charge is 0.331 e. The number of hydrogen-bond donors (Lipinski definition) is 0. The minimum atomic E-state index is -0.869. The van der Waals surface area contributed by atoms with Crippen molar-refractivity contribution in [1.29, 1.82) is 0 Å². The van der Waals surface area contributed by atoms with Crippen LogP contribution >= 0.6 is 15.9 Å². The maximum Gasteiger partial charge on any atom is 0.331 e. The summed E-state index contributed by atoms with van der Waals surface area (Å²) >= 11 is 3.17. The normalized spacial score (nSPS) is 10.8. The van der Waals surface area contributed by atoms with Gasteiger partial charge >= 0.3 is 11.7 Å². The zero-order valence-corrected chi connectivity index (χ0v) is 15.7. The number of nitrogens with zero attached hydrogens (tertiary/aromatic N) is 5. The van der Waals surface area contributed by atoms with Crippen LogP contribution in [-0.2, 0) is 18.4 Å². The fraction of sp³-hybridized carbons (Fsp3) is 0.200. The Balaban J connectivity index is 1.88. The first-order valence-electron chi connectivity index (χ1n) is 7.42. The zero-order valence-electron chi connectivity index (χ0n) is 14.1. The first-order valence-corrected chi connectivity index (χ1v) is 8.22. The molecule has 0 amide bonds. The summed E-state index contributed by atoms with van der Waals surface area (Å²) in [4.78, 5) is 39.3. The van der Waals surface area contributed by atoms with Crippen molar-refractivity contribution in [2.45, 2.75) is 6.54 Å². The lowest BCUT2D eigenvalue weighted by molar-refractivity contribution is -0.385. The Morgan fingerprint density at radius 2 is 2.15 bits per heavy atom. The summed E-state index contributed by atoms with van der Waals surface area (Å²) in [5.74, 6) is -0.879. The number of rotatable bonds is 5. The molecule has 0 unspecified atom stereocenters. The average molecular weight is 438 g/mol. The van der Waals surface area contributed by atoms with E-state index in [2.05, 4.69) is 26.0 Å². The van der Waals surface area contributed by atoms with E-state index in [9.17, 15) is 19.7 Å². The Hall–Kier alpha value is -3.28. The molecule has 0 spiro atoms. The summed E-state index contributed by atoms with van der Waals surface area (Å²) in [6.45, 7) is -0.480. The van der Waals surface area contributed by atoms with Gasteiger partial charge in [-0.15, -0.1) is 0 Å². The number of carbonyl (C=O) groups is 1. The molecule has 0 saturated heterocycles. The third kappa shape index (κ3) is 3.51. The average Bonchev–Trinajstić information content (AvgIpc) is 2.92. The number of aryl methyl sites for hydroxylation is 1. The highest BCUT2D eigenvalue weighted by Gasteiger charge is 2.21. The number of benzene rings is 1. The molecular weight excluding hydrogens is 426 g/mol. The topological polar surface area (TPSA) is 131 Å². The molecule has 3 aromatic rings. The van der Waals surface area contributed by atoms with Gasteiger partial charge in [0.15, 0.2) is 5.65 Å². The van der Waals surface area contributed by atoms with Crippen molar-refractivity contribution in [2.24, 2.45) is 7.05 Å². The molecule has 0 N–H and O–H groups in total. The van der Waals surface area contributed by atoms with E-state index >= 15 is 0 Å². The number of carbonyl (C=O) groups excluding carboxylic acids is 1. The van der Waals surface area contributed by atoms with Gasteiger partial charge in [0.2, 0.25) is 5.75 Å². The van der Waals surface area contributed by atoms with Crippen LogP contribution in [0, 0.1) is 10.1 Å². The van der Waals surface area contributed by atoms with Crippen LogP contribution in [-0.4, -0.2) is 37.3 Å². The molecule has 12 heteroatoms. The molecular formula is C15H12BrN5O6. The van der Waals surface area contributed by atoms with E-state index in [1.807, 2.05) is 0 Å². The Kier molecular flexibility index (Phi) is 4.90. The Bertz CT molecular complexity index is 1120. The third-order valence-electron chi connectivity index (χ3n) is 3.65.